The smallest absolute Gasteiger partial charge is 0.435 e. The molecule has 10 heteroatoms. The Morgan fingerprint density at radius 1 is 1.38 bits per heavy atom. The molecule has 4 unspecified atom stereocenters. The van der Waals surface area contributed by atoms with Gasteiger partial charge in [-0.25, -0.2) is 4.98 Å². The van der Waals surface area contributed by atoms with E-state index in [2.05, 4.69) is 9.97 Å². The Labute approximate surface area is 119 Å². The van der Waals surface area contributed by atoms with Gasteiger partial charge in [-0.05, 0) is 6.92 Å². The third-order valence-corrected chi connectivity index (χ3v) is 3.06. The van der Waals surface area contributed by atoms with Crippen LogP contribution in [0.25, 0.3) is 0 Å². The maximum absolute atomic E-state index is 12.6. The minimum atomic E-state index is -4.70. The number of hydrogen-bond acceptors (Lipinski definition) is 6. The molecule has 0 bridgehead atoms. The zero-order chi connectivity index (χ0) is 15.8. The van der Waals surface area contributed by atoms with E-state index in [9.17, 15) is 23.4 Å². The molecule has 0 saturated carbocycles. The lowest BCUT2D eigenvalue weighted by molar-refractivity contribution is -0.175. The lowest BCUT2D eigenvalue weighted by Crippen LogP contribution is -2.54. The van der Waals surface area contributed by atoms with Gasteiger partial charge in [0.15, 0.2) is 11.8 Å². The molecule has 1 aromatic rings. The van der Waals surface area contributed by atoms with Crippen molar-refractivity contribution < 1.29 is 32.9 Å². The number of halogens is 3. The number of aromatic nitrogens is 2. The highest BCUT2D eigenvalue weighted by Gasteiger charge is 2.39. The van der Waals surface area contributed by atoms with E-state index in [1.165, 1.54) is 0 Å². The standard InChI is InChI=1S/C11H12BF3N2O4/c1-4-7(18)8(19)5(3-20-4)21-10-9(12)16-2-6(17-10)11(13,14)15/h2,4-5,7-8,18-19H,3H2,1H3. The van der Waals surface area contributed by atoms with Crippen molar-refractivity contribution in [3.63, 3.8) is 0 Å². The fourth-order valence-corrected chi connectivity index (χ4v) is 1.79. The molecule has 2 heterocycles. The highest BCUT2D eigenvalue weighted by Crippen LogP contribution is 2.28. The molecule has 6 nitrogen and oxygen atoms in total. The molecule has 0 spiro atoms. The van der Waals surface area contributed by atoms with Crippen molar-refractivity contribution in [3.05, 3.63) is 11.9 Å². The van der Waals surface area contributed by atoms with Crippen molar-refractivity contribution in [1.29, 1.82) is 0 Å². The van der Waals surface area contributed by atoms with E-state index in [1.807, 2.05) is 0 Å². The van der Waals surface area contributed by atoms with Gasteiger partial charge < -0.3 is 19.7 Å². The van der Waals surface area contributed by atoms with E-state index in [1.54, 1.807) is 6.92 Å². The van der Waals surface area contributed by atoms with Gasteiger partial charge in [-0.2, -0.15) is 13.2 Å². The van der Waals surface area contributed by atoms with Crippen LogP contribution in [0.15, 0.2) is 6.20 Å². The largest absolute Gasteiger partial charge is 0.468 e. The Balaban J connectivity index is 2.19. The van der Waals surface area contributed by atoms with Crippen LogP contribution in [0, 0.1) is 0 Å². The molecule has 1 aromatic heterocycles. The van der Waals surface area contributed by atoms with E-state index in [4.69, 9.17) is 17.3 Å². The van der Waals surface area contributed by atoms with Crippen LogP contribution in [0.3, 0.4) is 0 Å². The van der Waals surface area contributed by atoms with Crippen molar-refractivity contribution in [2.75, 3.05) is 6.61 Å². The zero-order valence-corrected chi connectivity index (χ0v) is 10.9. The summed E-state index contributed by atoms with van der Waals surface area (Å²) in [6.07, 6.45) is -8.52. The van der Waals surface area contributed by atoms with Gasteiger partial charge in [0.05, 0.1) is 18.9 Å². The number of aliphatic hydroxyl groups is 2. The van der Waals surface area contributed by atoms with Crippen molar-refractivity contribution in [3.8, 4) is 5.88 Å². The molecule has 114 valence electrons. The highest BCUT2D eigenvalue weighted by molar-refractivity contribution is 6.32. The molecule has 2 rings (SSSR count). The molecule has 0 amide bonds. The molecular weight excluding hydrogens is 292 g/mol. The Bertz CT molecular complexity index is 517. The second-order valence-electron chi connectivity index (χ2n) is 4.62. The predicted octanol–water partition coefficient (Wildman–Crippen LogP) is -0.823. The summed E-state index contributed by atoms with van der Waals surface area (Å²) in [5.74, 6) is -0.570. The van der Waals surface area contributed by atoms with Gasteiger partial charge in [0.1, 0.15) is 20.1 Å². The minimum Gasteiger partial charge on any atom is -0.468 e. The quantitative estimate of drug-likeness (QED) is 0.694. The van der Waals surface area contributed by atoms with Gasteiger partial charge >= 0.3 is 6.18 Å². The van der Waals surface area contributed by atoms with Crippen LogP contribution < -0.4 is 10.3 Å². The van der Waals surface area contributed by atoms with Crippen LogP contribution in [0.2, 0.25) is 0 Å². The summed E-state index contributed by atoms with van der Waals surface area (Å²) in [4.78, 5) is 6.59. The molecule has 4 atom stereocenters. The van der Waals surface area contributed by atoms with Crippen molar-refractivity contribution in [2.24, 2.45) is 0 Å². The van der Waals surface area contributed by atoms with E-state index in [-0.39, 0.29) is 12.2 Å². The summed E-state index contributed by atoms with van der Waals surface area (Å²) in [6, 6.07) is 0. The van der Waals surface area contributed by atoms with Gasteiger partial charge in [-0.1, -0.05) is 0 Å². The third kappa shape index (κ3) is 3.45. The molecular formula is C11H12BF3N2O4. The summed E-state index contributed by atoms with van der Waals surface area (Å²) >= 11 is 0. The van der Waals surface area contributed by atoms with Crippen LogP contribution in [0.5, 0.6) is 5.88 Å². The molecule has 1 aliphatic heterocycles. The minimum absolute atomic E-state index is 0.128. The van der Waals surface area contributed by atoms with Gasteiger partial charge in [0.2, 0.25) is 5.88 Å². The molecule has 0 aliphatic carbocycles. The first-order valence-electron chi connectivity index (χ1n) is 6.04. The average molecular weight is 304 g/mol. The van der Waals surface area contributed by atoms with Gasteiger partial charge in [-0.3, -0.25) is 4.98 Å². The average Bonchev–Trinajstić information content (AvgIpc) is 2.40. The summed E-state index contributed by atoms with van der Waals surface area (Å²) in [7, 11) is 5.41. The van der Waals surface area contributed by atoms with Gasteiger partial charge in [-0.15, -0.1) is 0 Å². The normalized spacial score (nSPS) is 30.2. The number of rotatable bonds is 2. The van der Waals surface area contributed by atoms with Gasteiger partial charge in [0.25, 0.3) is 0 Å². The highest BCUT2D eigenvalue weighted by atomic mass is 19.4. The predicted molar refractivity (Wildman–Crippen MR) is 64.3 cm³/mol. The molecule has 1 fully saturated rings. The zero-order valence-electron chi connectivity index (χ0n) is 10.9. The van der Waals surface area contributed by atoms with E-state index in [0.717, 1.165) is 0 Å². The molecule has 2 radical (unpaired) electrons. The molecule has 0 aromatic carbocycles. The Morgan fingerprint density at radius 3 is 2.67 bits per heavy atom. The Kier molecular flexibility index (Phi) is 4.40. The summed E-state index contributed by atoms with van der Waals surface area (Å²) in [5.41, 5.74) is -1.63. The maximum Gasteiger partial charge on any atom is 0.435 e. The first kappa shape index (κ1) is 16.0. The number of alkyl halides is 3. The lowest BCUT2D eigenvalue weighted by Gasteiger charge is -2.35. The van der Waals surface area contributed by atoms with Crippen LogP contribution >= 0.6 is 0 Å². The molecule has 1 aliphatic rings. The Hall–Kier alpha value is -1.39. The molecule has 2 N–H and O–H groups in total. The van der Waals surface area contributed by atoms with Gasteiger partial charge in [0, 0.05) is 5.59 Å². The van der Waals surface area contributed by atoms with Crippen molar-refractivity contribution >= 4 is 13.4 Å². The fraction of sp³-hybridized carbons (Fsp3) is 0.636. The summed E-state index contributed by atoms with van der Waals surface area (Å²) in [5, 5.41) is 19.5. The first-order valence-corrected chi connectivity index (χ1v) is 6.04. The van der Waals surface area contributed by atoms with E-state index < -0.39 is 42.2 Å². The second-order valence-corrected chi connectivity index (χ2v) is 4.62. The van der Waals surface area contributed by atoms with Crippen LogP contribution in [-0.4, -0.2) is 59.1 Å². The lowest BCUT2D eigenvalue weighted by atomic mass is 10.0. The first-order chi connectivity index (χ1) is 9.70. The van der Waals surface area contributed by atoms with E-state index in [0.29, 0.717) is 6.20 Å². The summed E-state index contributed by atoms with van der Waals surface area (Å²) < 4.78 is 47.9. The van der Waals surface area contributed by atoms with Crippen LogP contribution in [0.1, 0.15) is 12.6 Å². The topological polar surface area (TPSA) is 84.7 Å². The summed E-state index contributed by atoms with van der Waals surface area (Å²) in [6.45, 7) is 1.42. The molecule has 1 saturated heterocycles. The SMILES string of the molecule is [B]c1ncc(C(F)(F)F)nc1OC1COC(C)C(O)C1O. The number of hydrogen-bond donors (Lipinski definition) is 2. The molecule has 21 heavy (non-hydrogen) atoms. The Morgan fingerprint density at radius 2 is 2.05 bits per heavy atom. The van der Waals surface area contributed by atoms with Crippen molar-refractivity contribution in [1.82, 2.24) is 9.97 Å². The van der Waals surface area contributed by atoms with E-state index >= 15 is 0 Å². The number of nitrogens with zero attached hydrogens (tertiary/aromatic N) is 2. The number of aliphatic hydroxyl groups excluding tert-OH is 2. The van der Waals surface area contributed by atoms with Crippen LogP contribution in [-0.2, 0) is 10.9 Å². The fourth-order valence-electron chi connectivity index (χ4n) is 1.79. The van der Waals surface area contributed by atoms with Crippen LogP contribution in [0.4, 0.5) is 13.2 Å². The monoisotopic (exact) mass is 304 g/mol. The second kappa shape index (κ2) is 5.78. The van der Waals surface area contributed by atoms with Crippen molar-refractivity contribution in [2.45, 2.75) is 37.5 Å². The third-order valence-electron chi connectivity index (χ3n) is 3.06. The maximum atomic E-state index is 12.6. The number of ether oxygens (including phenoxy) is 2.